The van der Waals surface area contributed by atoms with Crippen molar-refractivity contribution in [3.8, 4) is 0 Å². The molecule has 0 aliphatic carbocycles. The molecule has 4 heterocycles. The minimum atomic E-state index is 0.0690. The van der Waals surface area contributed by atoms with E-state index in [1.54, 1.807) is 6.20 Å². The molecule has 2 unspecified atom stereocenters. The number of hydrogen-bond donors (Lipinski definition) is 1. The van der Waals surface area contributed by atoms with Gasteiger partial charge in [-0.05, 0) is 57.5 Å². The van der Waals surface area contributed by atoms with Gasteiger partial charge in [-0.3, -0.25) is 19.8 Å². The second kappa shape index (κ2) is 8.41. The number of nitrogens with one attached hydrogen (secondary N) is 1. The Bertz CT molecular complexity index is 775. The number of rotatable bonds is 4. The van der Waals surface area contributed by atoms with Gasteiger partial charge < -0.3 is 9.64 Å². The van der Waals surface area contributed by atoms with E-state index in [1.807, 2.05) is 31.1 Å². The largest absolute Gasteiger partial charge is 0.372 e. The van der Waals surface area contributed by atoms with Gasteiger partial charge in [-0.1, -0.05) is 0 Å². The van der Waals surface area contributed by atoms with E-state index in [1.165, 1.54) is 5.56 Å². The van der Waals surface area contributed by atoms with Crippen molar-refractivity contribution in [3.63, 3.8) is 0 Å². The first-order valence-electron chi connectivity index (χ1n) is 10.2. The molecule has 2 aromatic rings. The van der Waals surface area contributed by atoms with Gasteiger partial charge in [0.05, 0.1) is 29.7 Å². The summed E-state index contributed by atoms with van der Waals surface area (Å²) in [5.41, 5.74) is 3.02. The van der Waals surface area contributed by atoms with Crippen LogP contribution in [-0.4, -0.2) is 69.3 Å². The van der Waals surface area contributed by atoms with Crippen LogP contribution in [0.15, 0.2) is 30.7 Å². The number of likely N-dealkylation sites (tertiary alicyclic amines) is 1. The molecule has 2 aliphatic rings. The maximum absolute atomic E-state index is 13.1. The summed E-state index contributed by atoms with van der Waals surface area (Å²) in [6, 6.07) is 4.14. The molecule has 150 valence electrons. The van der Waals surface area contributed by atoms with Gasteiger partial charge >= 0.3 is 0 Å². The summed E-state index contributed by atoms with van der Waals surface area (Å²) in [4.78, 5) is 21.6. The van der Waals surface area contributed by atoms with E-state index >= 15 is 0 Å². The van der Waals surface area contributed by atoms with Gasteiger partial charge in [-0.25, -0.2) is 0 Å². The van der Waals surface area contributed by atoms with E-state index in [9.17, 15) is 4.79 Å². The van der Waals surface area contributed by atoms with Crippen molar-refractivity contribution >= 4 is 5.91 Å². The van der Waals surface area contributed by atoms with Gasteiger partial charge in [-0.15, -0.1) is 0 Å². The van der Waals surface area contributed by atoms with Crippen LogP contribution in [0.1, 0.15) is 54.2 Å². The third kappa shape index (κ3) is 4.25. The van der Waals surface area contributed by atoms with Gasteiger partial charge in [0.1, 0.15) is 0 Å². The number of aromatic amines is 1. The first kappa shape index (κ1) is 19.1. The molecule has 2 saturated heterocycles. The number of carbonyl (C=O) groups excluding carboxylic acids is 1. The Balaban J connectivity index is 1.39. The summed E-state index contributed by atoms with van der Waals surface area (Å²) in [5.74, 6) is 0.427. The average Bonchev–Trinajstić information content (AvgIpc) is 3.18. The molecule has 7 heteroatoms. The summed E-state index contributed by atoms with van der Waals surface area (Å²) in [6.45, 7) is 8.30. The highest BCUT2D eigenvalue weighted by Crippen LogP contribution is 2.30. The number of aromatic nitrogens is 3. The fourth-order valence-electron chi connectivity index (χ4n) is 4.42. The Hall–Kier alpha value is -2.25. The summed E-state index contributed by atoms with van der Waals surface area (Å²) >= 11 is 0. The maximum atomic E-state index is 13.1. The molecule has 2 aliphatic heterocycles. The van der Waals surface area contributed by atoms with Crippen molar-refractivity contribution in [1.29, 1.82) is 0 Å². The SMILES string of the molecule is CC1CN(C(=O)c2cn[nH]c2C2CCN(Cc3ccncc3)CC2)CC(C)O1. The summed E-state index contributed by atoms with van der Waals surface area (Å²) < 4.78 is 5.76. The Morgan fingerprint density at radius 2 is 1.86 bits per heavy atom. The zero-order valence-corrected chi connectivity index (χ0v) is 16.7. The monoisotopic (exact) mass is 383 g/mol. The number of nitrogens with zero attached hydrogens (tertiary/aromatic N) is 4. The first-order valence-corrected chi connectivity index (χ1v) is 10.2. The summed E-state index contributed by atoms with van der Waals surface area (Å²) in [5, 5.41) is 7.34. The van der Waals surface area contributed by atoms with Crippen molar-refractivity contribution in [2.24, 2.45) is 0 Å². The van der Waals surface area contributed by atoms with Crippen molar-refractivity contribution in [3.05, 3.63) is 47.5 Å². The predicted octanol–water partition coefficient (Wildman–Crippen LogP) is 2.43. The zero-order chi connectivity index (χ0) is 19.5. The number of amides is 1. The van der Waals surface area contributed by atoms with Gasteiger partial charge in [0.25, 0.3) is 5.91 Å². The van der Waals surface area contributed by atoms with Crippen LogP contribution in [0.4, 0.5) is 0 Å². The van der Waals surface area contributed by atoms with E-state index in [2.05, 4.69) is 32.2 Å². The second-order valence-electron chi connectivity index (χ2n) is 8.07. The normalized spacial score (nSPS) is 24.4. The molecule has 0 spiro atoms. The lowest BCUT2D eigenvalue weighted by atomic mass is 9.90. The topological polar surface area (TPSA) is 74.4 Å². The Kier molecular flexibility index (Phi) is 5.73. The first-order chi connectivity index (χ1) is 13.6. The van der Waals surface area contributed by atoms with Gasteiger partial charge in [0.2, 0.25) is 0 Å². The molecule has 1 N–H and O–H groups in total. The van der Waals surface area contributed by atoms with E-state index in [4.69, 9.17) is 4.74 Å². The maximum Gasteiger partial charge on any atom is 0.257 e. The molecule has 0 bridgehead atoms. The summed E-state index contributed by atoms with van der Waals surface area (Å²) in [7, 11) is 0. The number of ether oxygens (including phenoxy) is 1. The number of piperidine rings is 1. The third-order valence-electron chi connectivity index (χ3n) is 5.76. The fraction of sp³-hybridized carbons (Fsp3) is 0.571. The molecule has 4 rings (SSSR count). The average molecular weight is 383 g/mol. The molecule has 2 atom stereocenters. The smallest absolute Gasteiger partial charge is 0.257 e. The molecule has 2 aromatic heterocycles. The minimum absolute atomic E-state index is 0.0690. The highest BCUT2D eigenvalue weighted by atomic mass is 16.5. The Morgan fingerprint density at radius 1 is 1.18 bits per heavy atom. The molecule has 0 saturated carbocycles. The quantitative estimate of drug-likeness (QED) is 0.878. The molecular weight excluding hydrogens is 354 g/mol. The van der Waals surface area contributed by atoms with Crippen molar-refractivity contribution in [2.75, 3.05) is 26.2 Å². The van der Waals surface area contributed by atoms with Crippen LogP contribution in [0.3, 0.4) is 0 Å². The number of carbonyl (C=O) groups is 1. The van der Waals surface area contributed by atoms with Crippen molar-refractivity contribution < 1.29 is 9.53 Å². The molecular formula is C21H29N5O2. The molecule has 1 amide bonds. The number of pyridine rings is 1. The molecule has 0 radical (unpaired) electrons. The highest BCUT2D eigenvalue weighted by molar-refractivity contribution is 5.95. The van der Waals surface area contributed by atoms with E-state index in [0.717, 1.165) is 43.7 Å². The lowest BCUT2D eigenvalue weighted by Crippen LogP contribution is -2.48. The van der Waals surface area contributed by atoms with Crippen LogP contribution in [0.25, 0.3) is 0 Å². The Morgan fingerprint density at radius 3 is 2.54 bits per heavy atom. The highest BCUT2D eigenvalue weighted by Gasteiger charge is 2.31. The fourth-order valence-corrected chi connectivity index (χ4v) is 4.42. The van der Waals surface area contributed by atoms with Crippen LogP contribution >= 0.6 is 0 Å². The van der Waals surface area contributed by atoms with Gasteiger partial charge in [0.15, 0.2) is 0 Å². The van der Waals surface area contributed by atoms with Crippen molar-refractivity contribution in [1.82, 2.24) is 25.0 Å². The second-order valence-corrected chi connectivity index (χ2v) is 8.07. The van der Waals surface area contributed by atoms with Crippen LogP contribution in [-0.2, 0) is 11.3 Å². The third-order valence-corrected chi connectivity index (χ3v) is 5.76. The van der Waals surface area contributed by atoms with Gasteiger partial charge in [0, 0.05) is 37.9 Å². The molecule has 2 fully saturated rings. The lowest BCUT2D eigenvalue weighted by molar-refractivity contribution is -0.0586. The number of hydrogen-bond acceptors (Lipinski definition) is 5. The Labute approximate surface area is 166 Å². The zero-order valence-electron chi connectivity index (χ0n) is 16.7. The van der Waals surface area contributed by atoms with Crippen LogP contribution in [0, 0.1) is 0 Å². The lowest BCUT2D eigenvalue weighted by Gasteiger charge is -2.36. The van der Waals surface area contributed by atoms with Crippen LogP contribution in [0.2, 0.25) is 0 Å². The molecule has 0 aromatic carbocycles. The molecule has 7 nitrogen and oxygen atoms in total. The van der Waals surface area contributed by atoms with E-state index < -0.39 is 0 Å². The van der Waals surface area contributed by atoms with Crippen molar-refractivity contribution in [2.45, 2.75) is 51.4 Å². The van der Waals surface area contributed by atoms with E-state index in [-0.39, 0.29) is 18.1 Å². The van der Waals surface area contributed by atoms with Crippen LogP contribution in [0.5, 0.6) is 0 Å². The summed E-state index contributed by atoms with van der Waals surface area (Å²) in [6.07, 6.45) is 7.59. The van der Waals surface area contributed by atoms with Crippen LogP contribution < -0.4 is 0 Å². The predicted molar refractivity (Wildman–Crippen MR) is 106 cm³/mol. The van der Waals surface area contributed by atoms with Gasteiger partial charge in [-0.2, -0.15) is 5.10 Å². The number of morpholine rings is 1. The number of H-pyrrole nitrogens is 1. The van der Waals surface area contributed by atoms with E-state index in [0.29, 0.717) is 19.0 Å². The molecule has 28 heavy (non-hydrogen) atoms. The minimum Gasteiger partial charge on any atom is -0.372 e. The standard InChI is InChI=1S/C21H29N5O2/c1-15-12-26(13-16(2)28-15)21(27)19-11-23-24-20(19)18-5-9-25(10-6-18)14-17-3-7-22-8-4-17/h3-4,7-8,11,15-16,18H,5-6,9-10,12-14H2,1-2H3,(H,23,24).